The number of oxime groups is 1. The van der Waals surface area contributed by atoms with Crippen molar-refractivity contribution in [2.45, 2.75) is 65.3 Å². The fraction of sp³-hybridized carbons (Fsp3) is 0.857. The summed E-state index contributed by atoms with van der Waals surface area (Å²) in [6.45, 7) is 6.80. The first kappa shape index (κ1) is 15.8. The molecule has 0 aromatic heterocycles. The molecule has 0 unspecified atom stereocenters. The van der Waals surface area contributed by atoms with Crippen LogP contribution in [0.5, 0.6) is 0 Å². The minimum atomic E-state index is -0.785. The number of hydrogen-bond acceptors (Lipinski definition) is 3. The maximum absolute atomic E-state index is 12.9. The van der Waals surface area contributed by atoms with E-state index in [1.165, 1.54) is 0 Å². The van der Waals surface area contributed by atoms with Crippen molar-refractivity contribution in [3.05, 3.63) is 0 Å². The summed E-state index contributed by atoms with van der Waals surface area (Å²) in [5, 5.41) is 12.2. The predicted octanol–water partition coefficient (Wildman–Crippen LogP) is 2.33. The van der Waals surface area contributed by atoms with Crippen LogP contribution in [0.2, 0.25) is 0 Å². The van der Waals surface area contributed by atoms with Crippen molar-refractivity contribution in [3.63, 3.8) is 0 Å². The maximum Gasteiger partial charge on any atom is 0.236 e. The molecule has 3 N–H and O–H groups in total. The van der Waals surface area contributed by atoms with Gasteiger partial charge in [-0.15, -0.1) is 0 Å². The fourth-order valence-electron chi connectivity index (χ4n) is 2.94. The first-order valence-corrected chi connectivity index (χ1v) is 7.28. The molecule has 1 saturated carbocycles. The molecule has 5 heteroatoms. The van der Waals surface area contributed by atoms with E-state index >= 15 is 0 Å². The van der Waals surface area contributed by atoms with Gasteiger partial charge in [0.2, 0.25) is 5.91 Å². The molecule has 0 bridgehead atoms. The number of nitrogens with zero attached hydrogens (tertiary/aromatic N) is 2. The monoisotopic (exact) mass is 269 g/mol. The summed E-state index contributed by atoms with van der Waals surface area (Å²) in [7, 11) is 0. The summed E-state index contributed by atoms with van der Waals surface area (Å²) in [6, 6.07) is 0.137. The number of carbonyl (C=O) groups is 1. The Labute approximate surface area is 115 Å². The number of rotatable bonds is 5. The normalized spacial score (nSPS) is 19.5. The minimum absolute atomic E-state index is 0.0272. The predicted molar refractivity (Wildman–Crippen MR) is 76.1 cm³/mol. The summed E-state index contributed by atoms with van der Waals surface area (Å²) in [4.78, 5) is 14.8. The van der Waals surface area contributed by atoms with Crippen molar-refractivity contribution < 1.29 is 10.0 Å². The molecule has 0 saturated heterocycles. The highest BCUT2D eigenvalue weighted by molar-refractivity contribution is 6.06. The topological polar surface area (TPSA) is 78.9 Å². The molecule has 0 spiro atoms. The molecule has 5 nitrogen and oxygen atoms in total. The molecule has 0 aromatic rings. The van der Waals surface area contributed by atoms with Crippen molar-refractivity contribution in [1.82, 2.24) is 4.90 Å². The zero-order chi connectivity index (χ0) is 14.5. The van der Waals surface area contributed by atoms with E-state index in [0.29, 0.717) is 12.8 Å². The standard InChI is InChI=1S/C14H27N3O2/c1-4-10-17(11(2)3)13(18)14(12(15)16-19)8-6-5-7-9-14/h11,19H,4-10H2,1-3H3,(H2,15,16). The average Bonchev–Trinajstić information content (AvgIpc) is 2.43. The van der Waals surface area contributed by atoms with E-state index in [4.69, 9.17) is 10.9 Å². The van der Waals surface area contributed by atoms with E-state index in [1.54, 1.807) is 0 Å². The van der Waals surface area contributed by atoms with Crippen LogP contribution < -0.4 is 5.73 Å². The number of nitrogens with two attached hydrogens (primary N) is 1. The number of amidine groups is 1. The lowest BCUT2D eigenvalue weighted by atomic mass is 9.72. The lowest BCUT2D eigenvalue weighted by Crippen LogP contribution is -2.54. The van der Waals surface area contributed by atoms with Gasteiger partial charge >= 0.3 is 0 Å². The third-order valence-electron chi connectivity index (χ3n) is 4.06. The molecule has 0 aromatic carbocycles. The molecule has 110 valence electrons. The van der Waals surface area contributed by atoms with Crippen molar-refractivity contribution in [1.29, 1.82) is 0 Å². The molecule has 1 rings (SSSR count). The van der Waals surface area contributed by atoms with E-state index in [-0.39, 0.29) is 17.8 Å². The van der Waals surface area contributed by atoms with Gasteiger partial charge in [-0.1, -0.05) is 31.3 Å². The van der Waals surface area contributed by atoms with Gasteiger partial charge in [-0.25, -0.2) is 0 Å². The van der Waals surface area contributed by atoms with Crippen molar-refractivity contribution in [2.24, 2.45) is 16.3 Å². The van der Waals surface area contributed by atoms with E-state index in [0.717, 1.165) is 32.2 Å². The second kappa shape index (κ2) is 6.78. The smallest absolute Gasteiger partial charge is 0.236 e. The quantitative estimate of drug-likeness (QED) is 0.348. The highest BCUT2D eigenvalue weighted by Gasteiger charge is 2.46. The SMILES string of the molecule is CCCN(C(=O)C1(C(N)=NO)CCCCC1)C(C)C. The molecule has 0 radical (unpaired) electrons. The molecule has 0 aliphatic heterocycles. The molecule has 19 heavy (non-hydrogen) atoms. The van der Waals surface area contributed by atoms with Crippen LogP contribution in [0.25, 0.3) is 0 Å². The van der Waals surface area contributed by atoms with Crippen LogP contribution in [0.15, 0.2) is 5.16 Å². The van der Waals surface area contributed by atoms with Crippen LogP contribution >= 0.6 is 0 Å². The van der Waals surface area contributed by atoms with Crippen LogP contribution in [0.4, 0.5) is 0 Å². The summed E-state index contributed by atoms with van der Waals surface area (Å²) < 4.78 is 0. The van der Waals surface area contributed by atoms with Crippen LogP contribution in [0.3, 0.4) is 0 Å². The lowest BCUT2D eigenvalue weighted by Gasteiger charge is -2.40. The van der Waals surface area contributed by atoms with Gasteiger partial charge in [0.1, 0.15) is 5.41 Å². The van der Waals surface area contributed by atoms with E-state index < -0.39 is 5.41 Å². The molecule has 1 aliphatic carbocycles. The molecule has 0 atom stereocenters. The van der Waals surface area contributed by atoms with Crippen LogP contribution in [0.1, 0.15) is 59.3 Å². The van der Waals surface area contributed by atoms with Gasteiger partial charge in [0.25, 0.3) is 0 Å². The molecule has 1 aliphatic rings. The zero-order valence-electron chi connectivity index (χ0n) is 12.4. The Hall–Kier alpha value is -1.26. The van der Waals surface area contributed by atoms with Gasteiger partial charge in [-0.2, -0.15) is 0 Å². The van der Waals surface area contributed by atoms with E-state index in [2.05, 4.69) is 12.1 Å². The Kier molecular flexibility index (Phi) is 5.63. The van der Waals surface area contributed by atoms with Crippen molar-refractivity contribution >= 4 is 11.7 Å². The minimum Gasteiger partial charge on any atom is -0.409 e. The zero-order valence-corrected chi connectivity index (χ0v) is 12.4. The van der Waals surface area contributed by atoms with Crippen molar-refractivity contribution in [2.75, 3.05) is 6.54 Å². The Morgan fingerprint density at radius 1 is 1.37 bits per heavy atom. The van der Waals surface area contributed by atoms with Crippen molar-refractivity contribution in [3.8, 4) is 0 Å². The summed E-state index contributed by atoms with van der Waals surface area (Å²) in [5.41, 5.74) is 5.08. The highest BCUT2D eigenvalue weighted by atomic mass is 16.4. The third kappa shape index (κ3) is 3.19. The van der Waals surface area contributed by atoms with Gasteiger partial charge in [0, 0.05) is 12.6 Å². The first-order valence-electron chi connectivity index (χ1n) is 7.28. The Morgan fingerprint density at radius 2 is 1.95 bits per heavy atom. The largest absolute Gasteiger partial charge is 0.409 e. The Morgan fingerprint density at radius 3 is 2.37 bits per heavy atom. The average molecular weight is 269 g/mol. The Balaban J connectivity index is 3.06. The lowest BCUT2D eigenvalue weighted by molar-refractivity contribution is -0.141. The summed E-state index contributed by atoms with van der Waals surface area (Å²) >= 11 is 0. The molecular weight excluding hydrogens is 242 g/mol. The second-order valence-corrected chi connectivity index (χ2v) is 5.72. The van der Waals surface area contributed by atoms with Gasteiger partial charge in [0.15, 0.2) is 5.84 Å². The maximum atomic E-state index is 12.9. The van der Waals surface area contributed by atoms with E-state index in [9.17, 15) is 4.79 Å². The van der Waals surface area contributed by atoms with E-state index in [1.807, 2.05) is 18.7 Å². The second-order valence-electron chi connectivity index (χ2n) is 5.72. The third-order valence-corrected chi connectivity index (χ3v) is 4.06. The summed E-state index contributed by atoms with van der Waals surface area (Å²) in [5.74, 6) is 0.110. The molecule has 1 fully saturated rings. The van der Waals surface area contributed by atoms with Crippen LogP contribution in [0, 0.1) is 5.41 Å². The van der Waals surface area contributed by atoms with Gasteiger partial charge < -0.3 is 15.8 Å². The number of hydrogen-bond donors (Lipinski definition) is 2. The van der Waals surface area contributed by atoms with Gasteiger partial charge in [0.05, 0.1) is 0 Å². The fourth-order valence-corrected chi connectivity index (χ4v) is 2.94. The molecule has 0 heterocycles. The molecular formula is C14H27N3O2. The van der Waals surface area contributed by atoms with Crippen LogP contribution in [-0.4, -0.2) is 34.4 Å². The Bertz CT molecular complexity index is 334. The first-order chi connectivity index (χ1) is 8.99. The molecule has 1 amide bonds. The highest BCUT2D eigenvalue weighted by Crippen LogP contribution is 2.38. The van der Waals surface area contributed by atoms with Gasteiger partial charge in [-0.3, -0.25) is 4.79 Å². The summed E-state index contributed by atoms with van der Waals surface area (Å²) in [6.07, 6.45) is 5.32. The number of amides is 1. The van der Waals surface area contributed by atoms with Gasteiger partial charge in [-0.05, 0) is 33.1 Å². The number of carbonyl (C=O) groups excluding carboxylic acids is 1. The van der Waals surface area contributed by atoms with Crippen LogP contribution in [-0.2, 0) is 4.79 Å².